The molecule has 7 heteroatoms. The predicted molar refractivity (Wildman–Crippen MR) is 79.2 cm³/mol. The molecule has 2 aromatic rings. The maximum Gasteiger partial charge on any atom is 0.336 e. The van der Waals surface area contributed by atoms with Crippen molar-refractivity contribution in [3.05, 3.63) is 75.1 Å². The molecule has 0 unspecified atom stereocenters. The Balaban J connectivity index is 2.08. The summed E-state index contributed by atoms with van der Waals surface area (Å²) in [5.41, 5.74) is 0.383. The summed E-state index contributed by atoms with van der Waals surface area (Å²) < 4.78 is 17.8. The second-order valence-electron chi connectivity index (χ2n) is 4.18. The molecule has 0 amide bonds. The Morgan fingerprint density at radius 1 is 1.27 bits per heavy atom. The van der Waals surface area contributed by atoms with Gasteiger partial charge < -0.3 is 4.74 Å². The summed E-state index contributed by atoms with van der Waals surface area (Å²) >= 11 is 5.73. The van der Waals surface area contributed by atoms with E-state index >= 15 is 0 Å². The van der Waals surface area contributed by atoms with Crippen LogP contribution in [0.25, 0.3) is 6.08 Å². The van der Waals surface area contributed by atoms with Crippen molar-refractivity contribution in [3.63, 3.8) is 0 Å². The fourth-order valence-electron chi connectivity index (χ4n) is 1.61. The maximum absolute atomic E-state index is 12.9. The highest BCUT2D eigenvalue weighted by atomic mass is 35.5. The number of carbonyl (C=O) groups excluding carboxylic acids is 1. The van der Waals surface area contributed by atoms with E-state index in [1.807, 2.05) is 0 Å². The van der Waals surface area contributed by atoms with Gasteiger partial charge in [0.25, 0.3) is 5.69 Å². The third-order valence-corrected chi connectivity index (χ3v) is 2.89. The van der Waals surface area contributed by atoms with Gasteiger partial charge in [0.2, 0.25) is 0 Å². The molecule has 0 aliphatic heterocycles. The minimum atomic E-state index is -0.736. The average Bonchev–Trinajstić information content (AvgIpc) is 2.48. The van der Waals surface area contributed by atoms with Gasteiger partial charge in [0.15, 0.2) is 0 Å². The van der Waals surface area contributed by atoms with Gasteiger partial charge in [-0.2, -0.15) is 0 Å². The lowest BCUT2D eigenvalue weighted by molar-refractivity contribution is -0.384. The molecule has 0 aliphatic rings. The summed E-state index contributed by atoms with van der Waals surface area (Å²) in [6.07, 6.45) is 2.46. The highest BCUT2D eigenvalue weighted by molar-refractivity contribution is 6.32. The van der Waals surface area contributed by atoms with Crippen molar-refractivity contribution in [1.82, 2.24) is 0 Å². The number of rotatable bonds is 4. The lowest BCUT2D eigenvalue weighted by Crippen LogP contribution is -2.04. The minimum Gasteiger partial charge on any atom is -0.422 e. The molecule has 0 aliphatic carbocycles. The molecule has 0 atom stereocenters. The van der Waals surface area contributed by atoms with Crippen LogP contribution in [0.1, 0.15) is 5.56 Å². The highest BCUT2D eigenvalue weighted by Crippen LogP contribution is 2.25. The molecule has 0 saturated heterocycles. The third-order valence-electron chi connectivity index (χ3n) is 2.60. The third kappa shape index (κ3) is 4.13. The maximum atomic E-state index is 12.9. The standard InChI is InChI=1S/C15H9ClFNO4/c16-13-9-11(17)5-6-14(13)22-15(19)7-4-10-2-1-3-12(8-10)18(20)21/h1-9H/b7-4+. The molecule has 0 fully saturated rings. The number of non-ortho nitro benzene ring substituents is 1. The van der Waals surface area contributed by atoms with Crippen LogP contribution in [0, 0.1) is 15.9 Å². The van der Waals surface area contributed by atoms with Gasteiger partial charge in [-0.3, -0.25) is 10.1 Å². The first-order valence-electron chi connectivity index (χ1n) is 6.05. The number of ether oxygens (including phenoxy) is 1. The molecule has 112 valence electrons. The number of halogens is 2. The monoisotopic (exact) mass is 321 g/mol. The van der Waals surface area contributed by atoms with Gasteiger partial charge in [-0.1, -0.05) is 23.7 Å². The van der Waals surface area contributed by atoms with E-state index in [2.05, 4.69) is 0 Å². The smallest absolute Gasteiger partial charge is 0.336 e. The molecule has 22 heavy (non-hydrogen) atoms. The van der Waals surface area contributed by atoms with E-state index in [9.17, 15) is 19.3 Å². The Morgan fingerprint density at radius 3 is 2.73 bits per heavy atom. The number of esters is 1. The first-order valence-corrected chi connectivity index (χ1v) is 6.43. The van der Waals surface area contributed by atoms with Gasteiger partial charge >= 0.3 is 5.97 Å². The molecule has 0 saturated carbocycles. The fraction of sp³-hybridized carbons (Fsp3) is 0. The van der Waals surface area contributed by atoms with Crippen LogP contribution in [0.15, 0.2) is 48.5 Å². The van der Waals surface area contributed by atoms with Crippen LogP contribution in [0.5, 0.6) is 5.75 Å². The summed E-state index contributed by atoms with van der Waals surface area (Å²) in [5, 5.41) is 10.6. The molecule has 2 rings (SSSR count). The quantitative estimate of drug-likeness (QED) is 0.280. The van der Waals surface area contributed by atoms with Gasteiger partial charge in [-0.25, -0.2) is 9.18 Å². The van der Waals surface area contributed by atoms with Crippen LogP contribution in [0.4, 0.5) is 10.1 Å². The number of hydrogen-bond acceptors (Lipinski definition) is 4. The van der Waals surface area contributed by atoms with Crippen molar-refractivity contribution < 1.29 is 18.8 Å². The van der Waals surface area contributed by atoms with Gasteiger partial charge in [-0.05, 0) is 29.8 Å². The molecule has 2 aromatic carbocycles. The fourth-order valence-corrected chi connectivity index (χ4v) is 1.81. The van der Waals surface area contributed by atoms with Crippen LogP contribution >= 0.6 is 11.6 Å². The van der Waals surface area contributed by atoms with Crippen molar-refractivity contribution in [2.24, 2.45) is 0 Å². The molecular weight excluding hydrogens is 313 g/mol. The number of benzene rings is 2. The molecule has 5 nitrogen and oxygen atoms in total. The zero-order valence-corrected chi connectivity index (χ0v) is 11.8. The second kappa shape index (κ2) is 6.82. The van der Waals surface area contributed by atoms with Crippen LogP contribution < -0.4 is 4.74 Å². The Kier molecular flexibility index (Phi) is 4.85. The first kappa shape index (κ1) is 15.7. The van der Waals surface area contributed by atoms with Crippen LogP contribution in [0.3, 0.4) is 0 Å². The Labute approximate surface area is 129 Å². The van der Waals surface area contributed by atoms with E-state index < -0.39 is 16.7 Å². The summed E-state index contributed by atoms with van der Waals surface area (Å²) in [7, 11) is 0. The SMILES string of the molecule is O=C(/C=C/c1cccc([N+](=O)[O-])c1)Oc1ccc(F)cc1Cl. The lowest BCUT2D eigenvalue weighted by Gasteiger charge is -2.03. The van der Waals surface area contributed by atoms with Crippen molar-refractivity contribution in [2.75, 3.05) is 0 Å². The summed E-state index contributed by atoms with van der Waals surface area (Å²) in [5.74, 6) is -1.26. The molecule has 0 heterocycles. The molecular formula is C15H9ClFNO4. The van der Waals surface area contributed by atoms with Gasteiger partial charge in [0.1, 0.15) is 11.6 Å². The van der Waals surface area contributed by atoms with E-state index in [0.29, 0.717) is 5.56 Å². The van der Waals surface area contributed by atoms with Crippen molar-refractivity contribution in [1.29, 1.82) is 0 Å². The topological polar surface area (TPSA) is 69.4 Å². The Hall–Kier alpha value is -2.73. The van der Waals surface area contributed by atoms with Crippen LogP contribution in [0.2, 0.25) is 5.02 Å². The minimum absolute atomic E-state index is 0.0248. The van der Waals surface area contributed by atoms with Crippen molar-refractivity contribution in [2.45, 2.75) is 0 Å². The highest BCUT2D eigenvalue weighted by Gasteiger charge is 2.07. The van der Waals surface area contributed by atoms with E-state index in [4.69, 9.17) is 16.3 Å². The number of nitro groups is 1. The molecule has 0 bridgehead atoms. The first-order chi connectivity index (χ1) is 10.5. The number of carbonyl (C=O) groups is 1. The Bertz CT molecular complexity index is 761. The zero-order chi connectivity index (χ0) is 16.1. The normalized spacial score (nSPS) is 10.6. The number of nitrogens with zero attached hydrogens (tertiary/aromatic N) is 1. The predicted octanol–water partition coefficient (Wildman–Crippen LogP) is 4.01. The van der Waals surface area contributed by atoms with Gasteiger partial charge in [-0.15, -0.1) is 0 Å². The molecule has 0 aromatic heterocycles. The largest absolute Gasteiger partial charge is 0.422 e. The van der Waals surface area contributed by atoms with Crippen molar-refractivity contribution in [3.8, 4) is 5.75 Å². The second-order valence-corrected chi connectivity index (χ2v) is 4.59. The van der Waals surface area contributed by atoms with E-state index in [1.54, 1.807) is 6.07 Å². The van der Waals surface area contributed by atoms with Gasteiger partial charge in [0.05, 0.1) is 9.95 Å². The summed E-state index contributed by atoms with van der Waals surface area (Å²) in [4.78, 5) is 21.8. The van der Waals surface area contributed by atoms with Crippen molar-refractivity contribution >= 4 is 29.3 Å². The molecule has 0 radical (unpaired) electrons. The average molecular weight is 322 g/mol. The van der Waals surface area contributed by atoms with E-state index in [1.165, 1.54) is 30.3 Å². The Morgan fingerprint density at radius 2 is 2.05 bits per heavy atom. The van der Waals surface area contributed by atoms with E-state index in [0.717, 1.165) is 18.2 Å². The molecule has 0 N–H and O–H groups in total. The molecule has 0 spiro atoms. The van der Waals surface area contributed by atoms with Gasteiger partial charge in [0, 0.05) is 18.2 Å². The van der Waals surface area contributed by atoms with Crippen LogP contribution in [-0.2, 0) is 4.79 Å². The number of nitro benzene ring substituents is 1. The van der Waals surface area contributed by atoms with Crippen LogP contribution in [-0.4, -0.2) is 10.9 Å². The zero-order valence-electron chi connectivity index (χ0n) is 11.0. The summed E-state index contributed by atoms with van der Waals surface area (Å²) in [6.45, 7) is 0. The van der Waals surface area contributed by atoms with E-state index in [-0.39, 0.29) is 16.5 Å². The number of hydrogen-bond donors (Lipinski definition) is 0. The summed E-state index contributed by atoms with van der Waals surface area (Å²) in [6, 6.07) is 9.12. The lowest BCUT2D eigenvalue weighted by atomic mass is 10.2.